The number of nitrogens with zero attached hydrogens (tertiary/aromatic N) is 2. The van der Waals surface area contributed by atoms with Gasteiger partial charge in [0.1, 0.15) is 0 Å². The first-order valence-electron chi connectivity index (χ1n) is 10.7. The lowest BCUT2D eigenvalue weighted by atomic mass is 9.67. The summed E-state index contributed by atoms with van der Waals surface area (Å²) in [6.45, 7) is 5.13. The first kappa shape index (κ1) is 20.0. The summed E-state index contributed by atoms with van der Waals surface area (Å²) in [5.41, 5.74) is 0.711. The molecule has 0 aliphatic carbocycles. The van der Waals surface area contributed by atoms with Crippen molar-refractivity contribution in [3.05, 3.63) is 23.8 Å². The number of fused-ring (bicyclic) bond motifs is 2. The molecule has 2 fully saturated rings. The van der Waals surface area contributed by atoms with Gasteiger partial charge in [0.05, 0.1) is 5.41 Å². The molecule has 158 valence electrons. The zero-order valence-electron chi connectivity index (χ0n) is 17.4. The third-order valence-corrected chi connectivity index (χ3v) is 6.73. The highest BCUT2D eigenvalue weighted by Crippen LogP contribution is 2.42. The van der Waals surface area contributed by atoms with Crippen molar-refractivity contribution >= 4 is 11.8 Å². The van der Waals surface area contributed by atoms with E-state index in [0.29, 0.717) is 32.5 Å². The van der Waals surface area contributed by atoms with Gasteiger partial charge in [0.15, 0.2) is 11.5 Å². The monoisotopic (exact) mass is 401 g/mol. The predicted octanol–water partition coefficient (Wildman–Crippen LogP) is 1.80. The van der Waals surface area contributed by atoms with Gasteiger partial charge < -0.3 is 24.6 Å². The minimum absolute atomic E-state index is 0.0889. The highest BCUT2D eigenvalue weighted by atomic mass is 16.7. The fourth-order valence-corrected chi connectivity index (χ4v) is 5.08. The van der Waals surface area contributed by atoms with Crippen molar-refractivity contribution in [2.45, 2.75) is 45.1 Å². The summed E-state index contributed by atoms with van der Waals surface area (Å²) in [5.74, 6) is 1.83. The van der Waals surface area contributed by atoms with Crippen LogP contribution in [0.25, 0.3) is 0 Å². The number of nitrogens with one attached hydrogen (secondary N) is 1. The van der Waals surface area contributed by atoms with Gasteiger partial charge in [-0.05, 0) is 63.9 Å². The fourth-order valence-electron chi connectivity index (χ4n) is 5.08. The maximum atomic E-state index is 12.9. The summed E-state index contributed by atoms with van der Waals surface area (Å²) in [6, 6.07) is 5.94. The van der Waals surface area contributed by atoms with E-state index < -0.39 is 0 Å². The first-order valence-corrected chi connectivity index (χ1v) is 10.7. The molecule has 0 spiro atoms. The third-order valence-electron chi connectivity index (χ3n) is 6.73. The Hall–Kier alpha value is -2.28. The van der Waals surface area contributed by atoms with E-state index in [1.807, 2.05) is 30.0 Å². The van der Waals surface area contributed by atoms with Gasteiger partial charge in [-0.3, -0.25) is 9.59 Å². The molecule has 1 aromatic rings. The quantitative estimate of drug-likeness (QED) is 0.815. The minimum Gasteiger partial charge on any atom is -0.454 e. The molecule has 0 bridgehead atoms. The van der Waals surface area contributed by atoms with E-state index >= 15 is 0 Å². The van der Waals surface area contributed by atoms with Gasteiger partial charge in [0.2, 0.25) is 18.6 Å². The van der Waals surface area contributed by atoms with Crippen LogP contribution in [-0.2, 0) is 16.0 Å². The SMILES string of the molecule is CCNC(=O)[C@@]12CCCN(C)[C@H]1CN(C(=O)CCc1ccc3c(c1)OCO3)CC2. The molecule has 0 saturated carbocycles. The van der Waals surface area contributed by atoms with Crippen molar-refractivity contribution in [3.8, 4) is 11.5 Å². The Morgan fingerprint density at radius 2 is 2.03 bits per heavy atom. The normalized spacial score (nSPS) is 26.1. The highest BCUT2D eigenvalue weighted by molar-refractivity contribution is 5.84. The molecule has 0 aromatic heterocycles. The van der Waals surface area contributed by atoms with Crippen molar-refractivity contribution in [2.75, 3.05) is 40.0 Å². The Kier molecular flexibility index (Phi) is 5.67. The Balaban J connectivity index is 1.40. The molecule has 4 rings (SSSR count). The molecule has 3 heterocycles. The van der Waals surface area contributed by atoms with Crippen LogP contribution in [0.2, 0.25) is 0 Å². The predicted molar refractivity (Wildman–Crippen MR) is 109 cm³/mol. The average molecular weight is 402 g/mol. The number of carbonyl (C=O) groups excluding carboxylic acids is 2. The van der Waals surface area contributed by atoms with E-state index in [1.54, 1.807) is 0 Å². The zero-order chi connectivity index (χ0) is 20.4. The molecule has 29 heavy (non-hydrogen) atoms. The van der Waals surface area contributed by atoms with E-state index in [-0.39, 0.29) is 30.1 Å². The summed E-state index contributed by atoms with van der Waals surface area (Å²) >= 11 is 0. The topological polar surface area (TPSA) is 71.1 Å². The van der Waals surface area contributed by atoms with Gasteiger partial charge in [0.25, 0.3) is 0 Å². The van der Waals surface area contributed by atoms with Gasteiger partial charge in [-0.1, -0.05) is 6.07 Å². The lowest BCUT2D eigenvalue weighted by Gasteiger charge is -2.53. The number of carbonyl (C=O) groups is 2. The van der Waals surface area contributed by atoms with E-state index in [1.165, 1.54) is 0 Å². The molecule has 7 heteroatoms. The van der Waals surface area contributed by atoms with Crippen LogP contribution in [0.1, 0.15) is 38.2 Å². The first-order chi connectivity index (χ1) is 14.0. The smallest absolute Gasteiger partial charge is 0.231 e. The van der Waals surface area contributed by atoms with Gasteiger partial charge >= 0.3 is 0 Å². The Labute approximate surface area is 172 Å². The van der Waals surface area contributed by atoms with Crippen LogP contribution in [0.15, 0.2) is 18.2 Å². The lowest BCUT2D eigenvalue weighted by Crippen LogP contribution is -2.65. The minimum atomic E-state index is -0.364. The maximum absolute atomic E-state index is 12.9. The number of likely N-dealkylation sites (tertiary alicyclic amines) is 2. The van der Waals surface area contributed by atoms with Crippen LogP contribution in [-0.4, -0.2) is 67.7 Å². The number of aryl methyl sites for hydroxylation is 1. The van der Waals surface area contributed by atoms with E-state index in [9.17, 15) is 9.59 Å². The summed E-state index contributed by atoms with van der Waals surface area (Å²) in [5, 5.41) is 3.05. The van der Waals surface area contributed by atoms with E-state index in [4.69, 9.17) is 9.47 Å². The number of likely N-dealkylation sites (N-methyl/N-ethyl adjacent to an activating group) is 1. The largest absolute Gasteiger partial charge is 0.454 e. The third kappa shape index (κ3) is 3.80. The number of hydrogen-bond donors (Lipinski definition) is 1. The van der Waals surface area contributed by atoms with Gasteiger partial charge in [0, 0.05) is 32.1 Å². The molecule has 1 N–H and O–H groups in total. The van der Waals surface area contributed by atoms with Crippen molar-refractivity contribution in [1.29, 1.82) is 0 Å². The number of benzene rings is 1. The summed E-state index contributed by atoms with van der Waals surface area (Å²) in [6.07, 6.45) is 3.82. The van der Waals surface area contributed by atoms with Crippen LogP contribution >= 0.6 is 0 Å². The molecule has 3 aliphatic rings. The molecular weight excluding hydrogens is 370 g/mol. The van der Waals surface area contributed by atoms with Crippen LogP contribution < -0.4 is 14.8 Å². The number of rotatable bonds is 5. The number of amides is 2. The lowest BCUT2D eigenvalue weighted by molar-refractivity contribution is -0.150. The molecule has 0 unspecified atom stereocenters. The molecule has 3 aliphatic heterocycles. The maximum Gasteiger partial charge on any atom is 0.231 e. The molecule has 0 radical (unpaired) electrons. The van der Waals surface area contributed by atoms with Gasteiger partial charge in [-0.25, -0.2) is 0 Å². The number of hydrogen-bond acceptors (Lipinski definition) is 5. The molecule has 2 atom stereocenters. The second-order valence-corrected chi connectivity index (χ2v) is 8.39. The summed E-state index contributed by atoms with van der Waals surface area (Å²) in [7, 11) is 2.08. The van der Waals surface area contributed by atoms with Crippen LogP contribution in [0.3, 0.4) is 0 Å². The van der Waals surface area contributed by atoms with E-state index in [2.05, 4.69) is 17.3 Å². The average Bonchev–Trinajstić information content (AvgIpc) is 3.20. The van der Waals surface area contributed by atoms with Crippen molar-refractivity contribution in [3.63, 3.8) is 0 Å². The summed E-state index contributed by atoms with van der Waals surface area (Å²) in [4.78, 5) is 30.1. The fraction of sp³-hybridized carbons (Fsp3) is 0.636. The molecule has 2 amide bonds. The van der Waals surface area contributed by atoms with E-state index in [0.717, 1.165) is 42.9 Å². The highest BCUT2D eigenvalue weighted by Gasteiger charge is 2.52. The Bertz CT molecular complexity index is 783. The second kappa shape index (κ2) is 8.22. The van der Waals surface area contributed by atoms with Crippen molar-refractivity contribution < 1.29 is 19.1 Å². The van der Waals surface area contributed by atoms with Crippen molar-refractivity contribution in [1.82, 2.24) is 15.1 Å². The number of ether oxygens (including phenoxy) is 2. The van der Waals surface area contributed by atoms with Crippen LogP contribution in [0, 0.1) is 5.41 Å². The standard InChI is InChI=1S/C22H31N3O4/c1-3-23-21(27)22-9-4-11-24(2)19(22)14-25(12-10-22)20(26)8-6-16-5-7-17-18(13-16)29-15-28-17/h5,7,13,19H,3-4,6,8-12,14-15H2,1-2H3,(H,23,27)/t19-,22+/m0/s1. The van der Waals surface area contributed by atoms with Crippen LogP contribution in [0.5, 0.6) is 11.5 Å². The van der Waals surface area contributed by atoms with Crippen molar-refractivity contribution in [2.24, 2.45) is 5.41 Å². The summed E-state index contributed by atoms with van der Waals surface area (Å²) < 4.78 is 10.8. The zero-order valence-corrected chi connectivity index (χ0v) is 17.4. The molecule has 1 aromatic carbocycles. The van der Waals surface area contributed by atoms with Gasteiger partial charge in [-0.15, -0.1) is 0 Å². The molecular formula is C22H31N3O4. The van der Waals surface area contributed by atoms with Gasteiger partial charge in [-0.2, -0.15) is 0 Å². The Morgan fingerprint density at radius 3 is 2.86 bits per heavy atom. The molecule has 7 nitrogen and oxygen atoms in total. The number of piperidine rings is 2. The van der Waals surface area contributed by atoms with Crippen LogP contribution in [0.4, 0.5) is 0 Å². The molecule has 2 saturated heterocycles. The second-order valence-electron chi connectivity index (χ2n) is 8.39. The Morgan fingerprint density at radius 1 is 1.21 bits per heavy atom.